The maximum absolute atomic E-state index is 12.3. The second kappa shape index (κ2) is 5.68. The minimum Gasteiger partial charge on any atom is -0.381 e. The molecule has 2 atom stereocenters. The van der Waals surface area contributed by atoms with Gasteiger partial charge in [-0.3, -0.25) is 0 Å². The fourth-order valence-electron chi connectivity index (χ4n) is 3.41. The van der Waals surface area contributed by atoms with Crippen molar-refractivity contribution < 1.29 is 17.9 Å². The third-order valence-electron chi connectivity index (χ3n) is 4.60. The van der Waals surface area contributed by atoms with Crippen molar-refractivity contribution in [3.05, 3.63) is 12.4 Å². The van der Waals surface area contributed by atoms with E-state index in [4.69, 9.17) is 9.47 Å². The highest BCUT2D eigenvalue weighted by molar-refractivity contribution is 7.89. The zero-order valence-electron chi connectivity index (χ0n) is 12.0. The van der Waals surface area contributed by atoms with Gasteiger partial charge in [0.15, 0.2) is 0 Å². The number of H-pyrrole nitrogens is 1. The van der Waals surface area contributed by atoms with E-state index >= 15 is 0 Å². The van der Waals surface area contributed by atoms with E-state index < -0.39 is 10.0 Å². The van der Waals surface area contributed by atoms with Gasteiger partial charge in [-0.05, 0) is 26.2 Å². The van der Waals surface area contributed by atoms with Crippen molar-refractivity contribution in [1.82, 2.24) is 14.7 Å². The lowest BCUT2D eigenvalue weighted by Crippen LogP contribution is -2.66. The first-order valence-corrected chi connectivity index (χ1v) is 8.78. The fourth-order valence-corrected chi connectivity index (χ4v) is 4.65. The van der Waals surface area contributed by atoms with Crippen molar-refractivity contribution in [2.24, 2.45) is 5.41 Å². The number of imidazole rings is 1. The van der Waals surface area contributed by atoms with E-state index in [1.54, 1.807) is 0 Å². The Balaban J connectivity index is 1.76. The first-order chi connectivity index (χ1) is 10.1. The van der Waals surface area contributed by atoms with E-state index in [-0.39, 0.29) is 22.7 Å². The van der Waals surface area contributed by atoms with Crippen LogP contribution in [0.3, 0.4) is 0 Å². The molecule has 7 nitrogen and oxygen atoms in total. The topological polar surface area (TPSA) is 93.3 Å². The second-order valence-corrected chi connectivity index (χ2v) is 7.22. The Kier molecular flexibility index (Phi) is 4.04. The van der Waals surface area contributed by atoms with Crippen LogP contribution in [0, 0.1) is 5.41 Å². The van der Waals surface area contributed by atoms with Crippen LogP contribution in [0.25, 0.3) is 0 Å². The molecule has 0 radical (unpaired) electrons. The van der Waals surface area contributed by atoms with Gasteiger partial charge in [0.1, 0.15) is 0 Å². The minimum atomic E-state index is -3.60. The van der Waals surface area contributed by atoms with Gasteiger partial charge in [-0.25, -0.2) is 18.1 Å². The normalized spacial score (nSPS) is 28.4. The lowest BCUT2D eigenvalue weighted by molar-refractivity contribution is -0.168. The number of sulfonamides is 1. The van der Waals surface area contributed by atoms with Gasteiger partial charge in [0.2, 0.25) is 5.16 Å². The van der Waals surface area contributed by atoms with E-state index in [2.05, 4.69) is 14.7 Å². The zero-order valence-corrected chi connectivity index (χ0v) is 12.9. The van der Waals surface area contributed by atoms with Crippen molar-refractivity contribution in [3.8, 4) is 0 Å². The Morgan fingerprint density at radius 3 is 2.90 bits per heavy atom. The van der Waals surface area contributed by atoms with Crippen LogP contribution in [-0.2, 0) is 19.5 Å². The van der Waals surface area contributed by atoms with E-state index in [0.717, 1.165) is 12.8 Å². The average Bonchev–Trinajstić information content (AvgIpc) is 3.02. The Labute approximate surface area is 124 Å². The molecule has 0 amide bonds. The molecule has 1 spiro atoms. The summed E-state index contributed by atoms with van der Waals surface area (Å²) in [6, 6.07) is -0.118. The predicted molar refractivity (Wildman–Crippen MR) is 75.2 cm³/mol. The summed E-state index contributed by atoms with van der Waals surface area (Å²) in [7, 11) is -3.60. The minimum absolute atomic E-state index is 0.0374. The Morgan fingerprint density at radius 1 is 1.52 bits per heavy atom. The molecular formula is C13H21N3O4S. The van der Waals surface area contributed by atoms with E-state index in [0.29, 0.717) is 26.2 Å². The largest absolute Gasteiger partial charge is 0.381 e. The molecule has 2 heterocycles. The van der Waals surface area contributed by atoms with E-state index in [1.807, 2.05) is 6.92 Å². The summed E-state index contributed by atoms with van der Waals surface area (Å²) in [6.07, 6.45) is 5.39. The molecule has 118 valence electrons. The van der Waals surface area contributed by atoms with Crippen molar-refractivity contribution >= 4 is 10.0 Å². The molecule has 1 aliphatic carbocycles. The SMILES string of the molecule is CCO[C@@H]1C[C@@H](NS(=O)(=O)c2ncc[nH]2)C12CCOCC2. The van der Waals surface area contributed by atoms with Gasteiger partial charge in [-0.2, -0.15) is 0 Å². The maximum atomic E-state index is 12.3. The van der Waals surface area contributed by atoms with Crippen molar-refractivity contribution in [3.63, 3.8) is 0 Å². The molecule has 0 unspecified atom stereocenters. The standard InChI is InChI=1S/C13H21N3O4S/c1-2-20-11-9-10(13(11)3-7-19-8-4-13)16-21(17,18)12-14-5-6-15-12/h5-6,10-11,16H,2-4,7-9H2,1H3,(H,14,15)/t10-,11-/m1/s1. The van der Waals surface area contributed by atoms with E-state index in [9.17, 15) is 8.42 Å². The lowest BCUT2D eigenvalue weighted by atomic mass is 9.58. The number of aromatic amines is 1. The van der Waals surface area contributed by atoms with Crippen LogP contribution in [0.2, 0.25) is 0 Å². The van der Waals surface area contributed by atoms with Gasteiger partial charge in [0.25, 0.3) is 10.0 Å². The smallest absolute Gasteiger partial charge is 0.274 e. The quantitative estimate of drug-likeness (QED) is 0.832. The molecule has 1 aromatic heterocycles. The average molecular weight is 315 g/mol. The van der Waals surface area contributed by atoms with Gasteiger partial charge >= 0.3 is 0 Å². The number of rotatable bonds is 5. The van der Waals surface area contributed by atoms with Crippen LogP contribution < -0.4 is 4.72 Å². The highest BCUT2D eigenvalue weighted by Gasteiger charge is 2.57. The molecule has 1 aliphatic heterocycles. The molecule has 1 saturated carbocycles. The fraction of sp³-hybridized carbons (Fsp3) is 0.769. The van der Waals surface area contributed by atoms with Gasteiger partial charge in [-0.15, -0.1) is 0 Å². The molecular weight excluding hydrogens is 294 g/mol. The summed E-state index contributed by atoms with van der Waals surface area (Å²) in [5.74, 6) is 0. The molecule has 1 saturated heterocycles. The second-order valence-electron chi connectivity index (χ2n) is 5.59. The maximum Gasteiger partial charge on any atom is 0.274 e. The highest BCUT2D eigenvalue weighted by Crippen LogP contribution is 2.51. The monoisotopic (exact) mass is 315 g/mol. The number of nitrogens with one attached hydrogen (secondary N) is 2. The predicted octanol–water partition coefficient (Wildman–Crippen LogP) is 0.662. The first-order valence-electron chi connectivity index (χ1n) is 7.29. The van der Waals surface area contributed by atoms with Crippen molar-refractivity contribution in [2.75, 3.05) is 19.8 Å². The third-order valence-corrected chi connectivity index (χ3v) is 5.93. The van der Waals surface area contributed by atoms with Crippen molar-refractivity contribution in [1.29, 1.82) is 0 Å². The molecule has 2 fully saturated rings. The summed E-state index contributed by atoms with van der Waals surface area (Å²) in [4.78, 5) is 6.47. The van der Waals surface area contributed by atoms with Gasteiger partial charge in [-0.1, -0.05) is 0 Å². The Bertz CT molecular complexity index is 566. The summed E-state index contributed by atoms with van der Waals surface area (Å²) >= 11 is 0. The summed E-state index contributed by atoms with van der Waals surface area (Å²) in [6.45, 7) is 3.92. The van der Waals surface area contributed by atoms with Crippen LogP contribution in [0.1, 0.15) is 26.2 Å². The number of aromatic nitrogens is 2. The number of hydrogen-bond acceptors (Lipinski definition) is 5. The summed E-state index contributed by atoms with van der Waals surface area (Å²) in [5.41, 5.74) is -0.145. The zero-order chi connectivity index (χ0) is 14.9. The van der Waals surface area contributed by atoms with Crippen LogP contribution in [0.4, 0.5) is 0 Å². The Hall–Kier alpha value is -0.960. The highest BCUT2D eigenvalue weighted by atomic mass is 32.2. The van der Waals surface area contributed by atoms with Gasteiger partial charge in [0, 0.05) is 43.7 Å². The molecule has 8 heteroatoms. The van der Waals surface area contributed by atoms with E-state index in [1.165, 1.54) is 12.4 Å². The van der Waals surface area contributed by atoms with Crippen LogP contribution in [0.5, 0.6) is 0 Å². The summed E-state index contributed by atoms with van der Waals surface area (Å²) in [5, 5.41) is -0.0374. The molecule has 0 bridgehead atoms. The lowest BCUT2D eigenvalue weighted by Gasteiger charge is -2.57. The molecule has 21 heavy (non-hydrogen) atoms. The number of nitrogens with zero attached hydrogens (tertiary/aromatic N) is 1. The molecule has 3 rings (SSSR count). The third kappa shape index (κ3) is 2.61. The Morgan fingerprint density at radius 2 is 2.29 bits per heavy atom. The molecule has 2 aliphatic rings. The van der Waals surface area contributed by atoms with Crippen LogP contribution in [-0.4, -0.2) is 50.4 Å². The molecule has 1 aromatic rings. The van der Waals surface area contributed by atoms with Gasteiger partial charge < -0.3 is 14.5 Å². The molecule has 2 N–H and O–H groups in total. The number of hydrogen-bond donors (Lipinski definition) is 2. The van der Waals surface area contributed by atoms with Crippen molar-refractivity contribution in [2.45, 2.75) is 43.5 Å². The van der Waals surface area contributed by atoms with Crippen LogP contribution >= 0.6 is 0 Å². The summed E-state index contributed by atoms with van der Waals surface area (Å²) < 4.78 is 38.6. The van der Waals surface area contributed by atoms with Gasteiger partial charge in [0.05, 0.1) is 6.10 Å². The first kappa shape index (κ1) is 15.0. The molecule has 0 aromatic carbocycles. The van der Waals surface area contributed by atoms with Crippen LogP contribution in [0.15, 0.2) is 17.6 Å². The number of ether oxygens (including phenoxy) is 2.